The van der Waals surface area contributed by atoms with Crippen molar-refractivity contribution in [3.05, 3.63) is 23.8 Å². The number of nitriles is 1. The summed E-state index contributed by atoms with van der Waals surface area (Å²) in [6, 6.07) is 3.97. The first kappa shape index (κ1) is 8.66. The van der Waals surface area contributed by atoms with Gasteiger partial charge in [0.1, 0.15) is 5.82 Å². The van der Waals surface area contributed by atoms with Gasteiger partial charge in [-0.05, 0) is 26.8 Å². The van der Waals surface area contributed by atoms with Gasteiger partial charge in [-0.3, -0.25) is 0 Å². The molecule has 1 heterocycles. The summed E-state index contributed by atoms with van der Waals surface area (Å²) in [5.41, 5.74) is 0.255. The van der Waals surface area contributed by atoms with Crippen LogP contribution >= 0.6 is 0 Å². The van der Waals surface area contributed by atoms with E-state index in [1.807, 2.05) is 20.8 Å². The summed E-state index contributed by atoms with van der Waals surface area (Å²) < 4.78 is 0. The Morgan fingerprint density at radius 1 is 1.50 bits per heavy atom. The van der Waals surface area contributed by atoms with Crippen LogP contribution in [0.2, 0.25) is 0 Å². The molecule has 0 amide bonds. The van der Waals surface area contributed by atoms with E-state index >= 15 is 0 Å². The zero-order valence-corrected chi connectivity index (χ0v) is 7.50. The zero-order valence-electron chi connectivity index (χ0n) is 7.50. The molecule has 0 N–H and O–H groups in total. The second kappa shape index (κ2) is 2.90. The fourth-order valence-corrected chi connectivity index (χ4v) is 0.862. The summed E-state index contributed by atoms with van der Waals surface area (Å²) in [6.07, 6.45) is 1.68. The van der Waals surface area contributed by atoms with Gasteiger partial charge in [0.05, 0.1) is 17.2 Å². The summed E-state index contributed by atoms with van der Waals surface area (Å²) in [7, 11) is 0. The zero-order chi connectivity index (χ0) is 9.19. The third kappa shape index (κ3) is 1.59. The van der Waals surface area contributed by atoms with Crippen molar-refractivity contribution in [2.24, 2.45) is 0 Å². The highest BCUT2D eigenvalue weighted by Gasteiger charge is 2.21. The van der Waals surface area contributed by atoms with Crippen LogP contribution in [-0.4, -0.2) is 9.97 Å². The van der Waals surface area contributed by atoms with Crippen molar-refractivity contribution in [3.8, 4) is 6.07 Å². The van der Waals surface area contributed by atoms with Crippen LogP contribution in [0.4, 0.5) is 0 Å². The lowest BCUT2D eigenvalue weighted by Gasteiger charge is -2.13. The van der Waals surface area contributed by atoms with Crippen LogP contribution < -0.4 is 0 Å². The van der Waals surface area contributed by atoms with Crippen LogP contribution in [0, 0.1) is 18.3 Å². The summed E-state index contributed by atoms with van der Waals surface area (Å²) in [6.45, 7) is 5.50. The first-order chi connectivity index (χ1) is 5.56. The Morgan fingerprint density at radius 3 is 2.67 bits per heavy atom. The van der Waals surface area contributed by atoms with Gasteiger partial charge >= 0.3 is 0 Å². The molecule has 0 unspecified atom stereocenters. The fourth-order valence-electron chi connectivity index (χ4n) is 0.862. The third-order valence-corrected chi connectivity index (χ3v) is 1.70. The third-order valence-electron chi connectivity index (χ3n) is 1.70. The maximum absolute atomic E-state index is 8.83. The van der Waals surface area contributed by atoms with Crippen LogP contribution in [0.15, 0.2) is 12.3 Å². The van der Waals surface area contributed by atoms with Gasteiger partial charge in [0.25, 0.3) is 0 Å². The first-order valence-corrected chi connectivity index (χ1v) is 3.77. The molecule has 1 rings (SSSR count). The van der Waals surface area contributed by atoms with E-state index in [4.69, 9.17) is 5.26 Å². The lowest BCUT2D eigenvalue weighted by Crippen LogP contribution is -2.16. The molecular formula is C9H11N3. The van der Waals surface area contributed by atoms with Crippen molar-refractivity contribution < 1.29 is 0 Å². The van der Waals surface area contributed by atoms with E-state index in [1.54, 1.807) is 12.3 Å². The number of hydrogen-bond acceptors (Lipinski definition) is 3. The number of rotatable bonds is 1. The predicted molar refractivity (Wildman–Crippen MR) is 45.4 cm³/mol. The summed E-state index contributed by atoms with van der Waals surface area (Å²) in [5, 5.41) is 8.83. The minimum Gasteiger partial charge on any atom is -0.242 e. The Labute approximate surface area is 72.1 Å². The van der Waals surface area contributed by atoms with E-state index in [0.29, 0.717) is 5.82 Å². The summed E-state index contributed by atoms with van der Waals surface area (Å²) >= 11 is 0. The second-order valence-electron chi connectivity index (χ2n) is 3.23. The maximum Gasteiger partial charge on any atom is 0.125 e. The average molecular weight is 161 g/mol. The van der Waals surface area contributed by atoms with Crippen molar-refractivity contribution in [3.63, 3.8) is 0 Å². The number of aryl methyl sites for hydroxylation is 1. The highest BCUT2D eigenvalue weighted by atomic mass is 14.9. The van der Waals surface area contributed by atoms with Gasteiger partial charge in [0, 0.05) is 6.20 Å². The topological polar surface area (TPSA) is 49.6 Å². The van der Waals surface area contributed by atoms with Gasteiger partial charge in [-0.25, -0.2) is 9.97 Å². The van der Waals surface area contributed by atoms with Crippen molar-refractivity contribution in [1.29, 1.82) is 5.26 Å². The minimum absolute atomic E-state index is 0.520. The van der Waals surface area contributed by atoms with Gasteiger partial charge in [-0.15, -0.1) is 0 Å². The van der Waals surface area contributed by atoms with Crippen LogP contribution in [0.1, 0.15) is 25.4 Å². The Morgan fingerprint density at radius 2 is 2.17 bits per heavy atom. The van der Waals surface area contributed by atoms with Gasteiger partial charge in [-0.2, -0.15) is 5.26 Å². The molecule has 0 saturated heterocycles. The van der Waals surface area contributed by atoms with Crippen molar-refractivity contribution in [2.45, 2.75) is 26.2 Å². The van der Waals surface area contributed by atoms with E-state index in [9.17, 15) is 0 Å². The molecule has 0 bridgehead atoms. The van der Waals surface area contributed by atoms with Gasteiger partial charge < -0.3 is 0 Å². The van der Waals surface area contributed by atoms with Gasteiger partial charge in [0.2, 0.25) is 0 Å². The molecule has 12 heavy (non-hydrogen) atoms. The van der Waals surface area contributed by atoms with Crippen LogP contribution in [0.3, 0.4) is 0 Å². The molecule has 0 radical (unpaired) electrons. The molecule has 3 nitrogen and oxygen atoms in total. The molecule has 0 saturated carbocycles. The van der Waals surface area contributed by atoms with E-state index in [2.05, 4.69) is 16.0 Å². The molecule has 0 aromatic carbocycles. The Balaban J connectivity index is 3.14. The van der Waals surface area contributed by atoms with Crippen molar-refractivity contribution in [2.75, 3.05) is 0 Å². The lowest BCUT2D eigenvalue weighted by atomic mass is 9.91. The molecule has 62 valence electrons. The fraction of sp³-hybridized carbons (Fsp3) is 0.444. The highest BCUT2D eigenvalue weighted by molar-refractivity contribution is 5.22. The monoisotopic (exact) mass is 161 g/mol. The Hall–Kier alpha value is -1.43. The second-order valence-corrected chi connectivity index (χ2v) is 3.23. The van der Waals surface area contributed by atoms with Crippen LogP contribution in [0.5, 0.6) is 0 Å². The molecular weight excluding hydrogens is 150 g/mol. The minimum atomic E-state index is -0.520. The molecule has 0 aliphatic carbocycles. The van der Waals surface area contributed by atoms with E-state index in [0.717, 1.165) is 5.69 Å². The van der Waals surface area contributed by atoms with Crippen molar-refractivity contribution in [1.82, 2.24) is 9.97 Å². The smallest absolute Gasteiger partial charge is 0.125 e. The number of aromatic nitrogens is 2. The molecule has 3 heteroatoms. The quantitative estimate of drug-likeness (QED) is 0.628. The van der Waals surface area contributed by atoms with E-state index in [-0.39, 0.29) is 0 Å². The van der Waals surface area contributed by atoms with Crippen LogP contribution in [-0.2, 0) is 5.41 Å². The Bertz CT molecular complexity index is 323. The molecule has 0 spiro atoms. The molecule has 0 atom stereocenters. The van der Waals surface area contributed by atoms with Gasteiger partial charge in [0.15, 0.2) is 0 Å². The summed E-state index contributed by atoms with van der Waals surface area (Å²) in [5.74, 6) is 0.704. The maximum atomic E-state index is 8.83. The average Bonchev–Trinajstić information content (AvgIpc) is 2.05. The molecule has 1 aromatic rings. The lowest BCUT2D eigenvalue weighted by molar-refractivity contribution is 0.651. The first-order valence-electron chi connectivity index (χ1n) is 3.77. The number of nitrogens with zero attached hydrogens (tertiary/aromatic N) is 3. The molecule has 0 aliphatic heterocycles. The van der Waals surface area contributed by atoms with Crippen molar-refractivity contribution >= 4 is 0 Å². The van der Waals surface area contributed by atoms with Crippen LogP contribution in [0.25, 0.3) is 0 Å². The molecule has 0 fully saturated rings. The van der Waals surface area contributed by atoms with E-state index in [1.165, 1.54) is 0 Å². The molecule has 0 aliphatic rings. The number of hydrogen-bond donors (Lipinski definition) is 0. The van der Waals surface area contributed by atoms with E-state index < -0.39 is 5.41 Å². The standard InChI is InChI=1S/C9H11N3/c1-7-11-5-4-8(12-7)9(2,3)6-10/h4-5H,1-3H3. The molecule has 1 aromatic heterocycles. The predicted octanol–water partition coefficient (Wildman–Crippen LogP) is 1.59. The normalized spacial score (nSPS) is 10.8. The SMILES string of the molecule is Cc1nccc(C(C)(C)C#N)n1. The van der Waals surface area contributed by atoms with Gasteiger partial charge in [-0.1, -0.05) is 0 Å². The summed E-state index contributed by atoms with van der Waals surface area (Å²) in [4.78, 5) is 8.15. The largest absolute Gasteiger partial charge is 0.242 e. The Kier molecular flexibility index (Phi) is 2.09. The highest BCUT2D eigenvalue weighted by Crippen LogP contribution is 2.18.